The third-order valence-electron chi connectivity index (χ3n) is 3.71. The lowest BCUT2D eigenvalue weighted by Crippen LogP contribution is -2.34. The molecule has 0 saturated heterocycles. The zero-order valence-electron chi connectivity index (χ0n) is 10.6. The summed E-state index contributed by atoms with van der Waals surface area (Å²) in [6, 6.07) is 0.148. The normalized spacial score (nSPS) is 18.5. The van der Waals surface area contributed by atoms with E-state index >= 15 is 0 Å². The maximum Gasteiger partial charge on any atom is 0.161 e. The van der Waals surface area contributed by atoms with Crippen molar-refractivity contribution in [2.75, 3.05) is 7.11 Å². The highest BCUT2D eigenvalue weighted by molar-refractivity contribution is 5.29. The highest BCUT2D eigenvalue weighted by atomic mass is 16.5. The van der Waals surface area contributed by atoms with E-state index in [9.17, 15) is 0 Å². The van der Waals surface area contributed by atoms with Crippen LogP contribution in [0.1, 0.15) is 44.3 Å². The summed E-state index contributed by atoms with van der Waals surface area (Å²) in [5.74, 6) is 7.17. The summed E-state index contributed by atoms with van der Waals surface area (Å²) < 4.78 is 7.37. The zero-order valence-corrected chi connectivity index (χ0v) is 10.6. The minimum atomic E-state index is 0.148. The number of rotatable bonds is 5. The van der Waals surface area contributed by atoms with Gasteiger partial charge in [-0.2, -0.15) is 5.10 Å². The molecule has 17 heavy (non-hydrogen) atoms. The van der Waals surface area contributed by atoms with Crippen molar-refractivity contribution in [2.45, 2.75) is 45.2 Å². The average Bonchev–Trinajstić information content (AvgIpc) is 2.99. The van der Waals surface area contributed by atoms with Gasteiger partial charge in [0.2, 0.25) is 0 Å². The topological polar surface area (TPSA) is 65.1 Å². The summed E-state index contributed by atoms with van der Waals surface area (Å²) in [4.78, 5) is 0. The predicted molar refractivity (Wildman–Crippen MR) is 66.5 cm³/mol. The van der Waals surface area contributed by atoms with Gasteiger partial charge >= 0.3 is 0 Å². The summed E-state index contributed by atoms with van der Waals surface area (Å²) in [5.41, 5.74) is 4.04. The van der Waals surface area contributed by atoms with Crippen molar-refractivity contribution >= 4 is 0 Å². The fourth-order valence-electron chi connectivity index (χ4n) is 2.83. The minimum absolute atomic E-state index is 0.148. The average molecular weight is 238 g/mol. The van der Waals surface area contributed by atoms with Crippen LogP contribution in [0.3, 0.4) is 0 Å². The lowest BCUT2D eigenvalue weighted by Gasteiger charge is -2.24. The van der Waals surface area contributed by atoms with Crippen LogP contribution in [0.15, 0.2) is 6.20 Å². The van der Waals surface area contributed by atoms with Gasteiger partial charge in [0, 0.05) is 6.54 Å². The first-order valence-corrected chi connectivity index (χ1v) is 6.37. The fourth-order valence-corrected chi connectivity index (χ4v) is 2.83. The van der Waals surface area contributed by atoms with Gasteiger partial charge in [-0.25, -0.2) is 0 Å². The monoisotopic (exact) mass is 238 g/mol. The first-order chi connectivity index (χ1) is 8.31. The number of nitrogens with zero attached hydrogens (tertiary/aromatic N) is 2. The molecule has 0 amide bonds. The van der Waals surface area contributed by atoms with E-state index in [1.54, 1.807) is 13.3 Å². The number of aromatic nitrogens is 2. The molecule has 1 aromatic rings. The summed E-state index contributed by atoms with van der Waals surface area (Å²) in [6.45, 7) is 2.92. The van der Waals surface area contributed by atoms with Gasteiger partial charge < -0.3 is 4.74 Å². The van der Waals surface area contributed by atoms with Crippen molar-refractivity contribution in [3.8, 4) is 5.75 Å². The Balaban J connectivity index is 2.30. The number of hydrazine groups is 1. The van der Waals surface area contributed by atoms with Crippen LogP contribution in [0.4, 0.5) is 0 Å². The molecule has 2 rings (SSSR count). The molecule has 1 unspecified atom stereocenters. The fraction of sp³-hybridized carbons (Fsp3) is 0.750. The highest BCUT2D eigenvalue weighted by Gasteiger charge is 2.30. The number of ether oxygens (including phenoxy) is 1. The Morgan fingerprint density at radius 1 is 1.59 bits per heavy atom. The van der Waals surface area contributed by atoms with Crippen molar-refractivity contribution in [2.24, 2.45) is 11.8 Å². The summed E-state index contributed by atoms with van der Waals surface area (Å²) in [5, 5.41) is 4.34. The summed E-state index contributed by atoms with van der Waals surface area (Å²) in [7, 11) is 1.68. The standard InChI is InChI=1S/C12H22N4O/c1-3-16-12(10(17-2)8-14-16)11(15-13)9-6-4-5-7-9/h8-9,11,15H,3-7,13H2,1-2H3. The number of nitrogens with one attached hydrogen (secondary N) is 1. The van der Waals surface area contributed by atoms with Gasteiger partial charge in [0.05, 0.1) is 25.0 Å². The van der Waals surface area contributed by atoms with Crippen LogP contribution >= 0.6 is 0 Å². The molecule has 3 N–H and O–H groups in total. The van der Waals surface area contributed by atoms with Crippen molar-refractivity contribution in [1.82, 2.24) is 15.2 Å². The molecule has 0 aliphatic heterocycles. The van der Waals surface area contributed by atoms with E-state index in [4.69, 9.17) is 10.6 Å². The van der Waals surface area contributed by atoms with Gasteiger partial charge in [0.25, 0.3) is 0 Å². The maximum atomic E-state index is 5.74. The van der Waals surface area contributed by atoms with Crippen molar-refractivity contribution < 1.29 is 4.74 Å². The predicted octanol–water partition coefficient (Wildman–Crippen LogP) is 1.61. The molecule has 1 atom stereocenters. The van der Waals surface area contributed by atoms with Crippen molar-refractivity contribution in [1.29, 1.82) is 0 Å². The number of aryl methyl sites for hydroxylation is 1. The minimum Gasteiger partial charge on any atom is -0.493 e. The van der Waals surface area contributed by atoms with Crippen LogP contribution in [-0.4, -0.2) is 16.9 Å². The third-order valence-corrected chi connectivity index (χ3v) is 3.71. The lowest BCUT2D eigenvalue weighted by molar-refractivity contribution is 0.330. The molecule has 5 nitrogen and oxygen atoms in total. The molecule has 1 aliphatic carbocycles. The van der Waals surface area contributed by atoms with E-state index in [1.165, 1.54) is 25.7 Å². The number of methoxy groups -OCH3 is 1. The van der Waals surface area contributed by atoms with E-state index < -0.39 is 0 Å². The summed E-state index contributed by atoms with van der Waals surface area (Å²) >= 11 is 0. The molecule has 1 aromatic heterocycles. The molecule has 5 heteroatoms. The van der Waals surface area contributed by atoms with Crippen LogP contribution in [0, 0.1) is 5.92 Å². The third kappa shape index (κ3) is 2.30. The van der Waals surface area contributed by atoms with E-state index in [-0.39, 0.29) is 6.04 Å². The first kappa shape index (κ1) is 12.4. The molecule has 96 valence electrons. The SMILES string of the molecule is CCn1ncc(OC)c1C(NN)C1CCCC1. The maximum absolute atomic E-state index is 5.74. The van der Waals surface area contributed by atoms with E-state index in [0.717, 1.165) is 18.0 Å². The van der Waals surface area contributed by atoms with Gasteiger partial charge in [-0.3, -0.25) is 16.0 Å². The molecule has 1 saturated carbocycles. The Morgan fingerprint density at radius 2 is 2.29 bits per heavy atom. The Labute approximate surface area is 102 Å². The molecule has 0 bridgehead atoms. The molecule has 1 fully saturated rings. The van der Waals surface area contributed by atoms with E-state index in [1.807, 2.05) is 4.68 Å². The molecular formula is C12H22N4O. The molecule has 0 aromatic carbocycles. The second kappa shape index (κ2) is 5.51. The lowest BCUT2D eigenvalue weighted by atomic mass is 9.95. The Hall–Kier alpha value is -1.07. The smallest absolute Gasteiger partial charge is 0.161 e. The van der Waals surface area contributed by atoms with Gasteiger partial charge in [0.1, 0.15) is 0 Å². The summed E-state index contributed by atoms with van der Waals surface area (Å²) in [6.07, 6.45) is 6.83. The van der Waals surface area contributed by atoms with Crippen LogP contribution in [0.2, 0.25) is 0 Å². The molecule has 0 radical (unpaired) electrons. The van der Waals surface area contributed by atoms with Gasteiger partial charge in [-0.15, -0.1) is 0 Å². The molecule has 0 spiro atoms. The van der Waals surface area contributed by atoms with E-state index in [0.29, 0.717) is 5.92 Å². The van der Waals surface area contributed by atoms with Crippen LogP contribution in [0.25, 0.3) is 0 Å². The van der Waals surface area contributed by atoms with E-state index in [2.05, 4.69) is 17.4 Å². The quantitative estimate of drug-likeness (QED) is 0.604. The van der Waals surface area contributed by atoms with Gasteiger partial charge in [0.15, 0.2) is 5.75 Å². The van der Waals surface area contributed by atoms with Crippen LogP contribution in [0.5, 0.6) is 5.75 Å². The second-order valence-electron chi connectivity index (χ2n) is 4.60. The van der Waals surface area contributed by atoms with Crippen LogP contribution in [-0.2, 0) is 6.54 Å². The second-order valence-corrected chi connectivity index (χ2v) is 4.60. The number of hydrogen-bond acceptors (Lipinski definition) is 4. The Morgan fingerprint density at radius 3 is 2.82 bits per heavy atom. The number of hydrogen-bond donors (Lipinski definition) is 2. The largest absolute Gasteiger partial charge is 0.493 e. The molecule has 1 aliphatic rings. The zero-order chi connectivity index (χ0) is 12.3. The van der Waals surface area contributed by atoms with Gasteiger partial charge in [-0.1, -0.05) is 12.8 Å². The van der Waals surface area contributed by atoms with Gasteiger partial charge in [-0.05, 0) is 25.7 Å². The van der Waals surface area contributed by atoms with Crippen molar-refractivity contribution in [3.05, 3.63) is 11.9 Å². The molecule has 1 heterocycles. The van der Waals surface area contributed by atoms with Crippen LogP contribution < -0.4 is 16.0 Å². The van der Waals surface area contributed by atoms with Crippen molar-refractivity contribution in [3.63, 3.8) is 0 Å². The Bertz CT molecular complexity index is 336. The first-order valence-electron chi connectivity index (χ1n) is 6.37. The highest BCUT2D eigenvalue weighted by Crippen LogP contribution is 2.38. The molecular weight excluding hydrogens is 216 g/mol. The number of nitrogens with two attached hydrogens (primary N) is 1. The Kier molecular flexibility index (Phi) is 4.02.